The highest BCUT2D eigenvalue weighted by molar-refractivity contribution is 7.88. The molecule has 0 saturated heterocycles. The molecule has 2 atom stereocenters. The number of hydrogen-bond acceptors (Lipinski definition) is 5. The fourth-order valence-electron chi connectivity index (χ4n) is 2.23. The summed E-state index contributed by atoms with van der Waals surface area (Å²) < 4.78 is 105. The van der Waals surface area contributed by atoms with E-state index in [9.17, 15) is 44.7 Å². The van der Waals surface area contributed by atoms with Crippen molar-refractivity contribution < 1.29 is 54.0 Å². The Labute approximate surface area is 126 Å². The van der Waals surface area contributed by atoms with Crippen molar-refractivity contribution in [3.8, 4) is 0 Å². The first kappa shape index (κ1) is 20.0. The number of esters is 1. The molecule has 0 aromatic rings. The molecule has 2 unspecified atom stereocenters. The molecule has 1 fully saturated rings. The van der Waals surface area contributed by atoms with Gasteiger partial charge >= 0.3 is 33.2 Å². The van der Waals surface area contributed by atoms with Crippen molar-refractivity contribution in [3.05, 3.63) is 0 Å². The summed E-state index contributed by atoms with van der Waals surface area (Å²) in [5, 5.41) is 9.44. The molecular formula is C10H12F6O6S. The van der Waals surface area contributed by atoms with Gasteiger partial charge in [0.15, 0.2) is 0 Å². The van der Waals surface area contributed by atoms with Gasteiger partial charge in [0.05, 0.1) is 6.10 Å². The van der Waals surface area contributed by atoms with E-state index in [1.807, 2.05) is 0 Å². The van der Waals surface area contributed by atoms with Gasteiger partial charge in [-0.3, -0.25) is 4.55 Å². The highest BCUT2D eigenvalue weighted by atomic mass is 32.2. The summed E-state index contributed by atoms with van der Waals surface area (Å²) in [7, 11) is -7.02. The quantitative estimate of drug-likeness (QED) is 0.442. The summed E-state index contributed by atoms with van der Waals surface area (Å²) in [6.45, 7) is 0. The first-order chi connectivity index (χ1) is 10.2. The SMILES string of the molecule is O=C(OC1CCCCC1O)C(C(F)(F)F)(C(F)(F)F)S(=O)(=O)O. The Morgan fingerprint density at radius 2 is 1.43 bits per heavy atom. The van der Waals surface area contributed by atoms with Gasteiger partial charge in [-0.15, -0.1) is 0 Å². The van der Waals surface area contributed by atoms with Crippen molar-refractivity contribution in [1.82, 2.24) is 0 Å². The fourth-order valence-corrected chi connectivity index (χ4v) is 3.07. The zero-order valence-corrected chi connectivity index (χ0v) is 12.0. The molecule has 13 heteroatoms. The number of carbonyl (C=O) groups excluding carboxylic acids is 1. The third-order valence-corrected chi connectivity index (χ3v) is 4.80. The summed E-state index contributed by atoms with van der Waals surface area (Å²) >= 11 is 0. The van der Waals surface area contributed by atoms with Crippen LogP contribution in [0.5, 0.6) is 0 Å². The minimum absolute atomic E-state index is 0.0468. The molecular weight excluding hydrogens is 362 g/mol. The predicted octanol–water partition coefficient (Wildman–Crippen LogP) is 1.58. The Morgan fingerprint density at radius 3 is 1.78 bits per heavy atom. The van der Waals surface area contributed by atoms with Crippen LogP contribution >= 0.6 is 0 Å². The first-order valence-electron chi connectivity index (χ1n) is 6.16. The lowest BCUT2D eigenvalue weighted by Crippen LogP contribution is -2.68. The van der Waals surface area contributed by atoms with Crippen LogP contribution in [0.1, 0.15) is 25.7 Å². The normalized spacial score (nSPS) is 24.3. The topological polar surface area (TPSA) is 101 Å². The Hall–Kier alpha value is -1.08. The van der Waals surface area contributed by atoms with Gasteiger partial charge in [-0.25, -0.2) is 4.79 Å². The molecule has 6 nitrogen and oxygen atoms in total. The molecule has 0 bridgehead atoms. The highest BCUT2D eigenvalue weighted by Gasteiger charge is 2.85. The number of alkyl halides is 6. The summed E-state index contributed by atoms with van der Waals surface area (Å²) in [5.41, 5.74) is 0. The summed E-state index contributed by atoms with van der Waals surface area (Å²) in [6.07, 6.45) is -16.4. The van der Waals surface area contributed by atoms with Crippen molar-refractivity contribution >= 4 is 16.1 Å². The molecule has 23 heavy (non-hydrogen) atoms. The van der Waals surface area contributed by atoms with E-state index < -0.39 is 45.4 Å². The van der Waals surface area contributed by atoms with Crippen LogP contribution in [0.4, 0.5) is 26.3 Å². The zero-order chi connectivity index (χ0) is 18.3. The van der Waals surface area contributed by atoms with E-state index >= 15 is 0 Å². The van der Waals surface area contributed by atoms with Gasteiger partial charge in [0.25, 0.3) is 0 Å². The smallest absolute Gasteiger partial charge is 0.430 e. The Bertz CT molecular complexity index is 539. The van der Waals surface area contributed by atoms with E-state index in [1.54, 1.807) is 0 Å². The average molecular weight is 374 g/mol. The maximum atomic E-state index is 12.8. The minimum Gasteiger partial charge on any atom is -0.458 e. The predicted molar refractivity (Wildman–Crippen MR) is 60.7 cm³/mol. The van der Waals surface area contributed by atoms with E-state index in [1.165, 1.54) is 0 Å². The standard InChI is InChI=1S/C10H12F6O6S/c11-9(12,13)8(10(14,15)16,23(19,20)21)7(18)22-6-4-2-1-3-5(6)17/h5-6,17H,1-4H2,(H,19,20,21). The molecule has 1 saturated carbocycles. The number of ether oxygens (including phenoxy) is 1. The average Bonchev–Trinajstić information content (AvgIpc) is 2.26. The second kappa shape index (κ2) is 6.09. The molecule has 0 aromatic heterocycles. The van der Waals surface area contributed by atoms with Gasteiger partial charge in [0, 0.05) is 0 Å². The lowest BCUT2D eigenvalue weighted by atomic mass is 9.94. The van der Waals surface area contributed by atoms with E-state index in [2.05, 4.69) is 4.74 Å². The van der Waals surface area contributed by atoms with Gasteiger partial charge in [-0.2, -0.15) is 34.8 Å². The fraction of sp³-hybridized carbons (Fsp3) is 0.900. The molecule has 1 aliphatic carbocycles. The Kier molecular flexibility index (Phi) is 5.29. The van der Waals surface area contributed by atoms with Crippen molar-refractivity contribution in [3.63, 3.8) is 0 Å². The Morgan fingerprint density at radius 1 is 1.00 bits per heavy atom. The van der Waals surface area contributed by atoms with Gasteiger partial charge in [-0.1, -0.05) is 6.42 Å². The third-order valence-electron chi connectivity index (χ3n) is 3.40. The van der Waals surface area contributed by atoms with E-state index in [0.29, 0.717) is 6.42 Å². The molecule has 0 aliphatic heterocycles. The van der Waals surface area contributed by atoms with Gasteiger partial charge < -0.3 is 9.84 Å². The van der Waals surface area contributed by atoms with Crippen molar-refractivity contribution in [2.75, 3.05) is 0 Å². The number of carbonyl (C=O) groups is 1. The summed E-state index contributed by atoms with van der Waals surface area (Å²) in [4.78, 5) is 11.5. The number of hydrogen-bond donors (Lipinski definition) is 2. The third kappa shape index (κ3) is 3.40. The second-order valence-corrected chi connectivity index (χ2v) is 6.51. The van der Waals surface area contributed by atoms with Crippen LogP contribution in [0.3, 0.4) is 0 Å². The lowest BCUT2D eigenvalue weighted by molar-refractivity contribution is -0.271. The number of halogens is 6. The maximum Gasteiger partial charge on any atom is 0.430 e. The molecule has 2 N–H and O–H groups in total. The zero-order valence-electron chi connectivity index (χ0n) is 11.2. The van der Waals surface area contributed by atoms with Crippen LogP contribution in [0.25, 0.3) is 0 Å². The number of aliphatic hydroxyl groups excluding tert-OH is 1. The molecule has 1 aliphatic rings. The first-order valence-corrected chi connectivity index (χ1v) is 7.60. The summed E-state index contributed by atoms with van der Waals surface area (Å²) in [6, 6.07) is 0. The largest absolute Gasteiger partial charge is 0.458 e. The van der Waals surface area contributed by atoms with Crippen LogP contribution < -0.4 is 0 Å². The van der Waals surface area contributed by atoms with Crippen molar-refractivity contribution in [2.45, 2.75) is 55.0 Å². The molecule has 136 valence electrons. The monoisotopic (exact) mass is 374 g/mol. The number of aliphatic hydroxyl groups is 1. The minimum atomic E-state index is -7.02. The lowest BCUT2D eigenvalue weighted by Gasteiger charge is -2.35. The van der Waals surface area contributed by atoms with Crippen LogP contribution in [0.2, 0.25) is 0 Å². The molecule has 0 amide bonds. The highest BCUT2D eigenvalue weighted by Crippen LogP contribution is 2.49. The second-order valence-electron chi connectivity index (χ2n) is 4.95. The molecule has 0 heterocycles. The van der Waals surface area contributed by atoms with E-state index in [-0.39, 0.29) is 19.3 Å². The van der Waals surface area contributed by atoms with Crippen LogP contribution in [-0.2, 0) is 19.6 Å². The maximum absolute atomic E-state index is 12.8. The van der Waals surface area contributed by atoms with Gasteiger partial charge in [0.2, 0.25) is 0 Å². The van der Waals surface area contributed by atoms with E-state index in [4.69, 9.17) is 4.55 Å². The van der Waals surface area contributed by atoms with Crippen molar-refractivity contribution in [1.29, 1.82) is 0 Å². The molecule has 0 radical (unpaired) electrons. The molecule has 0 aromatic carbocycles. The summed E-state index contributed by atoms with van der Waals surface area (Å²) in [5.74, 6) is -3.24. The van der Waals surface area contributed by atoms with E-state index in [0.717, 1.165) is 0 Å². The van der Waals surface area contributed by atoms with Crippen molar-refractivity contribution in [2.24, 2.45) is 0 Å². The van der Waals surface area contributed by atoms with Crippen LogP contribution in [0, 0.1) is 0 Å². The molecule has 0 spiro atoms. The molecule has 1 rings (SSSR count). The number of rotatable bonds is 3. The van der Waals surface area contributed by atoms with Gasteiger partial charge in [-0.05, 0) is 19.3 Å². The van der Waals surface area contributed by atoms with Crippen LogP contribution in [0.15, 0.2) is 0 Å². The van der Waals surface area contributed by atoms with Crippen LogP contribution in [-0.4, -0.2) is 53.4 Å². The van der Waals surface area contributed by atoms with Gasteiger partial charge in [0.1, 0.15) is 6.10 Å². The Balaban J connectivity index is 3.37.